The van der Waals surface area contributed by atoms with E-state index in [9.17, 15) is 4.79 Å². The molecule has 0 saturated carbocycles. The highest BCUT2D eigenvalue weighted by molar-refractivity contribution is 9.10. The van der Waals surface area contributed by atoms with Gasteiger partial charge >= 0.3 is 0 Å². The van der Waals surface area contributed by atoms with Crippen LogP contribution in [0.3, 0.4) is 0 Å². The maximum Gasteiger partial charge on any atom is 0.255 e. The predicted molar refractivity (Wildman–Crippen MR) is 91.3 cm³/mol. The molecule has 0 bridgehead atoms. The Morgan fingerprint density at radius 1 is 1.18 bits per heavy atom. The highest BCUT2D eigenvalue weighted by Crippen LogP contribution is 2.30. The first-order valence-corrected chi connectivity index (χ1v) is 8.73. The smallest absolute Gasteiger partial charge is 0.255 e. The predicted octanol–water partition coefficient (Wildman–Crippen LogP) is 3.04. The summed E-state index contributed by atoms with van der Waals surface area (Å²) in [6, 6.07) is 11.6. The number of benzene rings is 1. The molecule has 1 fully saturated rings. The molecular formula is C16H16BrN3OS. The van der Waals surface area contributed by atoms with Crippen LogP contribution in [-0.2, 0) is 0 Å². The van der Waals surface area contributed by atoms with Gasteiger partial charge in [0.2, 0.25) is 0 Å². The van der Waals surface area contributed by atoms with Crippen molar-refractivity contribution in [2.45, 2.75) is 9.92 Å². The van der Waals surface area contributed by atoms with Gasteiger partial charge < -0.3 is 10.2 Å². The number of halogens is 1. The number of aromatic nitrogens is 1. The second-order valence-corrected chi connectivity index (χ2v) is 6.93. The first kappa shape index (κ1) is 15.5. The Kier molecular flexibility index (Phi) is 5.12. The molecule has 1 aliphatic heterocycles. The van der Waals surface area contributed by atoms with E-state index in [1.165, 1.54) is 11.8 Å². The summed E-state index contributed by atoms with van der Waals surface area (Å²) in [6.07, 6.45) is 1.77. The van der Waals surface area contributed by atoms with Gasteiger partial charge in [0.05, 0.1) is 5.56 Å². The molecule has 0 spiro atoms. The van der Waals surface area contributed by atoms with Crippen molar-refractivity contribution in [2.75, 3.05) is 26.2 Å². The summed E-state index contributed by atoms with van der Waals surface area (Å²) < 4.78 is 0.946. The molecule has 3 rings (SSSR count). The highest BCUT2D eigenvalue weighted by Gasteiger charge is 2.20. The molecule has 0 unspecified atom stereocenters. The van der Waals surface area contributed by atoms with Crippen LogP contribution in [0.2, 0.25) is 0 Å². The van der Waals surface area contributed by atoms with E-state index in [0.29, 0.717) is 0 Å². The topological polar surface area (TPSA) is 45.2 Å². The van der Waals surface area contributed by atoms with E-state index in [0.717, 1.165) is 46.1 Å². The molecule has 114 valence electrons. The molecule has 0 aliphatic carbocycles. The lowest BCUT2D eigenvalue weighted by molar-refractivity contribution is 0.0732. The minimum atomic E-state index is 0.0988. The van der Waals surface area contributed by atoms with Crippen molar-refractivity contribution in [1.82, 2.24) is 15.2 Å². The Bertz CT molecular complexity index is 657. The molecule has 0 atom stereocenters. The normalized spacial score (nSPS) is 14.9. The van der Waals surface area contributed by atoms with Crippen LogP contribution >= 0.6 is 27.7 Å². The average molecular weight is 378 g/mol. The lowest BCUT2D eigenvalue weighted by atomic mass is 10.2. The van der Waals surface area contributed by atoms with Crippen LogP contribution in [0.1, 0.15) is 10.4 Å². The van der Waals surface area contributed by atoms with Crippen LogP contribution < -0.4 is 5.32 Å². The third-order valence-corrected chi connectivity index (χ3v) is 4.93. The summed E-state index contributed by atoms with van der Waals surface area (Å²) in [7, 11) is 0. The van der Waals surface area contributed by atoms with Gasteiger partial charge in [-0.25, -0.2) is 4.98 Å². The van der Waals surface area contributed by atoms with Crippen molar-refractivity contribution in [3.63, 3.8) is 0 Å². The summed E-state index contributed by atoms with van der Waals surface area (Å²) in [5.41, 5.74) is 0.749. The number of pyridine rings is 1. The molecule has 4 nitrogen and oxygen atoms in total. The number of carbonyl (C=O) groups is 1. The third-order valence-electron chi connectivity index (χ3n) is 3.44. The number of carbonyl (C=O) groups excluding carboxylic acids is 1. The minimum Gasteiger partial charge on any atom is -0.336 e. The molecule has 22 heavy (non-hydrogen) atoms. The summed E-state index contributed by atoms with van der Waals surface area (Å²) in [6.45, 7) is 3.23. The van der Waals surface area contributed by atoms with Gasteiger partial charge in [0.15, 0.2) is 0 Å². The first-order valence-electron chi connectivity index (χ1n) is 7.12. The van der Waals surface area contributed by atoms with Crippen LogP contribution in [-0.4, -0.2) is 42.0 Å². The van der Waals surface area contributed by atoms with Crippen molar-refractivity contribution < 1.29 is 4.79 Å². The molecule has 1 amide bonds. The minimum absolute atomic E-state index is 0.0988. The second-order valence-electron chi connectivity index (χ2n) is 4.96. The van der Waals surface area contributed by atoms with Crippen LogP contribution in [0.5, 0.6) is 0 Å². The Balaban J connectivity index is 1.82. The van der Waals surface area contributed by atoms with Gasteiger partial charge in [0.1, 0.15) is 5.03 Å². The van der Waals surface area contributed by atoms with Gasteiger partial charge in [-0.2, -0.15) is 0 Å². The number of nitrogens with zero attached hydrogens (tertiary/aromatic N) is 2. The Hall–Kier alpha value is -1.37. The van der Waals surface area contributed by atoms with Gasteiger partial charge in [-0.05, 0) is 40.2 Å². The molecule has 1 saturated heterocycles. The van der Waals surface area contributed by atoms with Crippen LogP contribution in [0.15, 0.2) is 57.0 Å². The number of nitrogens with one attached hydrogen (secondary N) is 1. The molecule has 1 aliphatic rings. The zero-order chi connectivity index (χ0) is 15.4. The maximum absolute atomic E-state index is 12.7. The number of hydrogen-bond donors (Lipinski definition) is 1. The Labute approximate surface area is 142 Å². The van der Waals surface area contributed by atoms with Crippen molar-refractivity contribution in [2.24, 2.45) is 0 Å². The number of piperazine rings is 1. The lowest BCUT2D eigenvalue weighted by Gasteiger charge is -2.28. The van der Waals surface area contributed by atoms with Crippen molar-refractivity contribution in [3.05, 3.63) is 52.6 Å². The number of rotatable bonds is 3. The van der Waals surface area contributed by atoms with Crippen LogP contribution in [0.4, 0.5) is 0 Å². The summed E-state index contributed by atoms with van der Waals surface area (Å²) in [4.78, 5) is 19.9. The quantitative estimate of drug-likeness (QED) is 0.892. The van der Waals surface area contributed by atoms with E-state index in [-0.39, 0.29) is 5.91 Å². The second kappa shape index (κ2) is 7.26. The summed E-state index contributed by atoms with van der Waals surface area (Å²) in [5, 5.41) is 4.15. The van der Waals surface area contributed by atoms with Crippen molar-refractivity contribution >= 4 is 33.6 Å². The number of hydrogen-bond acceptors (Lipinski definition) is 4. The van der Waals surface area contributed by atoms with Crippen molar-refractivity contribution in [1.29, 1.82) is 0 Å². The molecule has 1 aromatic heterocycles. The van der Waals surface area contributed by atoms with E-state index < -0.39 is 0 Å². The molecular weight excluding hydrogens is 362 g/mol. The summed E-state index contributed by atoms with van der Waals surface area (Å²) in [5.74, 6) is 0.0988. The van der Waals surface area contributed by atoms with Gasteiger partial charge in [0, 0.05) is 41.7 Å². The molecule has 1 aromatic carbocycles. The molecule has 0 radical (unpaired) electrons. The standard InChI is InChI=1S/C16H16BrN3OS/c17-12-5-6-15(19-11-12)22-14-4-2-1-3-13(14)16(21)20-9-7-18-8-10-20/h1-6,11,18H,7-10H2. The fourth-order valence-electron chi connectivity index (χ4n) is 2.31. The molecule has 6 heteroatoms. The SMILES string of the molecule is O=C(c1ccccc1Sc1ccc(Br)cn1)N1CCNCC1. The van der Waals surface area contributed by atoms with Gasteiger partial charge in [-0.1, -0.05) is 23.9 Å². The van der Waals surface area contributed by atoms with E-state index in [1.54, 1.807) is 6.20 Å². The van der Waals surface area contributed by atoms with E-state index in [1.807, 2.05) is 41.3 Å². The van der Waals surface area contributed by atoms with Crippen molar-refractivity contribution in [3.8, 4) is 0 Å². The lowest BCUT2D eigenvalue weighted by Crippen LogP contribution is -2.46. The average Bonchev–Trinajstić information content (AvgIpc) is 2.58. The first-order chi connectivity index (χ1) is 10.7. The monoisotopic (exact) mass is 377 g/mol. The van der Waals surface area contributed by atoms with Gasteiger partial charge in [-0.3, -0.25) is 4.79 Å². The zero-order valence-corrected chi connectivity index (χ0v) is 14.4. The van der Waals surface area contributed by atoms with E-state index in [4.69, 9.17) is 0 Å². The molecule has 2 aromatic rings. The van der Waals surface area contributed by atoms with Gasteiger partial charge in [-0.15, -0.1) is 0 Å². The van der Waals surface area contributed by atoms with Crippen LogP contribution in [0, 0.1) is 0 Å². The Morgan fingerprint density at radius 2 is 1.95 bits per heavy atom. The fraction of sp³-hybridized carbons (Fsp3) is 0.250. The fourth-order valence-corrected chi connectivity index (χ4v) is 3.42. The molecule has 1 N–H and O–H groups in total. The number of amides is 1. The zero-order valence-electron chi connectivity index (χ0n) is 12.0. The van der Waals surface area contributed by atoms with Gasteiger partial charge in [0.25, 0.3) is 5.91 Å². The Morgan fingerprint density at radius 3 is 2.68 bits per heavy atom. The third kappa shape index (κ3) is 3.69. The summed E-state index contributed by atoms with van der Waals surface area (Å²) >= 11 is 4.90. The maximum atomic E-state index is 12.7. The largest absolute Gasteiger partial charge is 0.336 e. The van der Waals surface area contributed by atoms with Crippen LogP contribution in [0.25, 0.3) is 0 Å². The van der Waals surface area contributed by atoms with E-state index in [2.05, 4.69) is 26.2 Å². The van der Waals surface area contributed by atoms with E-state index >= 15 is 0 Å². The highest BCUT2D eigenvalue weighted by atomic mass is 79.9. The molecule has 2 heterocycles.